The Morgan fingerprint density at radius 2 is 1.90 bits per heavy atom. The predicted octanol–water partition coefficient (Wildman–Crippen LogP) is 1.51. The van der Waals surface area contributed by atoms with Crippen LogP contribution in [0.1, 0.15) is 24.3 Å². The number of piperidine rings is 1. The molecule has 7 heteroatoms. The fourth-order valence-corrected chi connectivity index (χ4v) is 3.78. The molecule has 0 radical (unpaired) electrons. The van der Waals surface area contributed by atoms with E-state index in [0.29, 0.717) is 30.0 Å². The summed E-state index contributed by atoms with van der Waals surface area (Å²) in [7, 11) is 0. The maximum atomic E-state index is 12.0. The third-order valence-corrected chi connectivity index (χ3v) is 5.17. The molecule has 2 fully saturated rings. The Morgan fingerprint density at radius 3 is 2.62 bits per heavy atom. The van der Waals surface area contributed by atoms with Gasteiger partial charge in [0.1, 0.15) is 5.75 Å². The summed E-state index contributed by atoms with van der Waals surface area (Å²) in [5.41, 5.74) is 0.523. The van der Waals surface area contributed by atoms with Crippen LogP contribution in [0.4, 0.5) is 0 Å². The summed E-state index contributed by atoms with van der Waals surface area (Å²) < 4.78 is 0. The average Bonchev–Trinajstić information content (AvgIpc) is 2.84. The van der Waals surface area contributed by atoms with Gasteiger partial charge >= 0.3 is 0 Å². The van der Waals surface area contributed by atoms with Crippen LogP contribution in [0.15, 0.2) is 12.1 Å². The fraction of sp³-hybridized carbons (Fsp3) is 0.500. The highest BCUT2D eigenvalue weighted by molar-refractivity contribution is 6.42. The number of phenolic OH excluding ortho intramolecular Hbond substituents is 1. The molecule has 114 valence electrons. The molecule has 3 rings (SSSR count). The van der Waals surface area contributed by atoms with E-state index in [0.717, 1.165) is 0 Å². The minimum Gasteiger partial charge on any atom is -0.508 e. The van der Waals surface area contributed by atoms with Gasteiger partial charge in [-0.25, -0.2) is 0 Å². The summed E-state index contributed by atoms with van der Waals surface area (Å²) in [6.07, 6.45) is -1.52. The number of nitrogens with zero attached hydrogens (tertiary/aromatic N) is 1. The minimum atomic E-state index is -1.37. The number of hydrogen-bond donors (Lipinski definition) is 3. The zero-order valence-corrected chi connectivity index (χ0v) is 12.6. The van der Waals surface area contributed by atoms with Crippen molar-refractivity contribution in [2.24, 2.45) is 0 Å². The molecule has 0 aliphatic carbocycles. The Bertz CT molecular complexity index is 595. The maximum absolute atomic E-state index is 12.0. The number of hydrogen-bond acceptors (Lipinski definition) is 4. The number of fused-ring (bicyclic) bond motifs is 1. The molecule has 2 unspecified atom stereocenters. The number of carbonyl (C=O) groups is 1. The van der Waals surface area contributed by atoms with Gasteiger partial charge in [0.15, 0.2) is 6.10 Å². The van der Waals surface area contributed by atoms with Crippen molar-refractivity contribution in [3.8, 4) is 5.75 Å². The Hall–Kier alpha value is -1.01. The molecule has 0 saturated carbocycles. The molecule has 2 saturated heterocycles. The van der Waals surface area contributed by atoms with Crippen molar-refractivity contribution in [1.82, 2.24) is 4.90 Å². The van der Waals surface area contributed by atoms with Crippen molar-refractivity contribution < 1.29 is 20.1 Å². The molecule has 1 amide bonds. The summed E-state index contributed by atoms with van der Waals surface area (Å²) in [5.74, 6) is -0.593. The summed E-state index contributed by atoms with van der Waals surface area (Å²) in [6.45, 7) is 0.348. The van der Waals surface area contributed by atoms with Crippen LogP contribution in [0.5, 0.6) is 5.75 Å². The minimum absolute atomic E-state index is 0.0443. The zero-order valence-electron chi connectivity index (χ0n) is 11.0. The van der Waals surface area contributed by atoms with Gasteiger partial charge in [0.2, 0.25) is 0 Å². The smallest absolute Gasteiger partial charge is 0.254 e. The molecule has 4 atom stereocenters. The number of aliphatic hydroxyl groups is 2. The molecular weight excluding hydrogens is 317 g/mol. The van der Waals surface area contributed by atoms with E-state index in [1.807, 2.05) is 0 Å². The standard InChI is InChI=1S/C14H15Cl2NO4/c15-8-1-2-9(18)11(12(8)16)6-3-7-4-10(19)13(20)14(21)17(7)5-6/h1-2,6-7,10,13,18-20H,3-5H2/t6-,7-,10?,13?/m0/s1. The van der Waals surface area contributed by atoms with Crippen LogP contribution in [0.2, 0.25) is 10.0 Å². The van der Waals surface area contributed by atoms with Crippen LogP contribution < -0.4 is 0 Å². The number of benzene rings is 1. The summed E-state index contributed by atoms with van der Waals surface area (Å²) in [6, 6.07) is 2.84. The third kappa shape index (κ3) is 2.38. The van der Waals surface area contributed by atoms with E-state index >= 15 is 0 Å². The number of rotatable bonds is 1. The quantitative estimate of drug-likeness (QED) is 0.728. The van der Waals surface area contributed by atoms with Gasteiger partial charge in [-0.05, 0) is 25.0 Å². The Kier molecular flexibility index (Phi) is 3.78. The van der Waals surface area contributed by atoms with Crippen LogP contribution in [0, 0.1) is 0 Å². The number of halogens is 2. The monoisotopic (exact) mass is 331 g/mol. The second-order valence-corrected chi connectivity index (χ2v) is 6.40. The molecular formula is C14H15Cl2NO4. The van der Waals surface area contributed by atoms with E-state index in [1.54, 1.807) is 4.90 Å². The molecule has 5 nitrogen and oxygen atoms in total. The molecule has 1 aromatic rings. The van der Waals surface area contributed by atoms with Crippen molar-refractivity contribution in [2.75, 3.05) is 6.54 Å². The maximum Gasteiger partial charge on any atom is 0.254 e. The molecule has 21 heavy (non-hydrogen) atoms. The molecule has 3 N–H and O–H groups in total. The number of amides is 1. The lowest BCUT2D eigenvalue weighted by Crippen LogP contribution is -2.53. The van der Waals surface area contributed by atoms with Gasteiger partial charge in [-0.3, -0.25) is 4.79 Å². The van der Waals surface area contributed by atoms with Gasteiger partial charge in [-0.2, -0.15) is 0 Å². The van der Waals surface area contributed by atoms with Gasteiger partial charge in [0.25, 0.3) is 5.91 Å². The van der Waals surface area contributed by atoms with Crippen molar-refractivity contribution in [2.45, 2.75) is 37.0 Å². The largest absolute Gasteiger partial charge is 0.508 e. The first-order chi connectivity index (χ1) is 9.90. The van der Waals surface area contributed by atoms with Gasteiger partial charge < -0.3 is 20.2 Å². The Labute approximate surface area is 131 Å². The van der Waals surface area contributed by atoms with E-state index in [4.69, 9.17) is 23.2 Å². The normalized spacial score (nSPS) is 32.4. The Balaban J connectivity index is 1.91. The highest BCUT2D eigenvalue weighted by Gasteiger charge is 2.46. The SMILES string of the molecule is O=C1C(O)C(O)C[C@@H]2C[C@H](c3c(O)ccc(Cl)c3Cl)CN12. The average molecular weight is 332 g/mol. The Morgan fingerprint density at radius 1 is 1.19 bits per heavy atom. The first-order valence-corrected chi connectivity index (χ1v) is 7.49. The van der Waals surface area contributed by atoms with Gasteiger partial charge in [-0.1, -0.05) is 23.2 Å². The van der Waals surface area contributed by atoms with Crippen LogP contribution >= 0.6 is 23.2 Å². The first kappa shape index (κ1) is 14.9. The molecule has 2 heterocycles. The molecule has 1 aromatic carbocycles. The number of phenols is 1. The number of carbonyl (C=O) groups excluding carboxylic acids is 1. The highest BCUT2D eigenvalue weighted by Crippen LogP contribution is 2.44. The van der Waals surface area contributed by atoms with E-state index in [1.165, 1.54) is 12.1 Å². The van der Waals surface area contributed by atoms with Gasteiger partial charge in [-0.15, -0.1) is 0 Å². The summed E-state index contributed by atoms with van der Waals surface area (Å²) >= 11 is 12.2. The fourth-order valence-electron chi connectivity index (χ4n) is 3.31. The summed E-state index contributed by atoms with van der Waals surface area (Å²) in [4.78, 5) is 13.6. The van der Waals surface area contributed by atoms with Crippen molar-refractivity contribution in [3.05, 3.63) is 27.7 Å². The molecule has 0 aromatic heterocycles. The highest BCUT2D eigenvalue weighted by atomic mass is 35.5. The van der Waals surface area contributed by atoms with E-state index in [9.17, 15) is 20.1 Å². The topological polar surface area (TPSA) is 81.0 Å². The predicted molar refractivity (Wildman–Crippen MR) is 77.6 cm³/mol. The lowest BCUT2D eigenvalue weighted by molar-refractivity contribution is -0.155. The lowest BCUT2D eigenvalue weighted by atomic mass is 9.92. The second-order valence-electron chi connectivity index (χ2n) is 5.62. The van der Waals surface area contributed by atoms with Gasteiger partial charge in [0.05, 0.1) is 16.1 Å². The van der Waals surface area contributed by atoms with Crippen molar-refractivity contribution >= 4 is 29.1 Å². The molecule has 0 bridgehead atoms. The van der Waals surface area contributed by atoms with Crippen LogP contribution in [-0.2, 0) is 4.79 Å². The molecule has 0 spiro atoms. The van der Waals surface area contributed by atoms with E-state index in [-0.39, 0.29) is 22.7 Å². The number of aliphatic hydroxyl groups excluding tert-OH is 2. The zero-order chi connectivity index (χ0) is 15.3. The van der Waals surface area contributed by atoms with Crippen LogP contribution in [0.3, 0.4) is 0 Å². The number of aromatic hydroxyl groups is 1. The second kappa shape index (κ2) is 5.32. The van der Waals surface area contributed by atoms with Crippen LogP contribution in [-0.4, -0.2) is 50.9 Å². The first-order valence-electron chi connectivity index (χ1n) is 6.73. The van der Waals surface area contributed by atoms with Crippen LogP contribution in [0.25, 0.3) is 0 Å². The van der Waals surface area contributed by atoms with E-state index < -0.39 is 18.1 Å². The third-order valence-electron chi connectivity index (χ3n) is 4.35. The molecule has 2 aliphatic rings. The van der Waals surface area contributed by atoms with Gasteiger partial charge in [0, 0.05) is 24.1 Å². The van der Waals surface area contributed by atoms with E-state index in [2.05, 4.69) is 0 Å². The van der Waals surface area contributed by atoms with Crippen molar-refractivity contribution in [1.29, 1.82) is 0 Å². The summed E-state index contributed by atoms with van der Waals surface area (Å²) in [5, 5.41) is 30.0. The van der Waals surface area contributed by atoms with Crippen molar-refractivity contribution in [3.63, 3.8) is 0 Å². The molecule has 2 aliphatic heterocycles. The lowest BCUT2D eigenvalue weighted by Gasteiger charge is -2.35.